The van der Waals surface area contributed by atoms with Gasteiger partial charge in [0, 0.05) is 31.6 Å². The number of carbonyl (C=O) groups excluding carboxylic acids is 1. The normalized spacial score (nSPS) is 21.4. The highest BCUT2D eigenvalue weighted by molar-refractivity contribution is 5.81. The van der Waals surface area contributed by atoms with Gasteiger partial charge in [-0.25, -0.2) is 0 Å². The lowest BCUT2D eigenvalue weighted by Gasteiger charge is -2.17. The highest BCUT2D eigenvalue weighted by atomic mass is 16.5. The van der Waals surface area contributed by atoms with E-state index in [1.807, 2.05) is 4.90 Å². The Hall–Kier alpha value is -1.98. The average molecular weight is 290 g/mol. The van der Waals surface area contributed by atoms with E-state index in [1.165, 1.54) is 0 Å². The molecular weight excluding hydrogens is 268 g/mol. The molecule has 0 aromatic carbocycles. The number of nitrogens with zero attached hydrogens (tertiary/aromatic N) is 2. The molecule has 0 radical (unpaired) electrons. The first kappa shape index (κ1) is 14.0. The number of methoxy groups -OCH3 is 1. The number of rotatable bonds is 5. The summed E-state index contributed by atoms with van der Waals surface area (Å²) in [7, 11) is 1.58. The maximum absolute atomic E-state index is 12.0. The lowest BCUT2D eigenvalue weighted by molar-refractivity contribution is -0.131. The molecule has 1 aliphatic heterocycles. The number of nitrogens with one attached hydrogen (secondary N) is 1. The number of amides is 1. The second-order valence-corrected chi connectivity index (χ2v) is 5.89. The minimum atomic E-state index is 0.312. The van der Waals surface area contributed by atoms with E-state index in [0.717, 1.165) is 38.9 Å². The maximum Gasteiger partial charge on any atom is 0.225 e. The molecule has 2 aliphatic rings. The van der Waals surface area contributed by atoms with Crippen molar-refractivity contribution in [3.63, 3.8) is 0 Å². The van der Waals surface area contributed by atoms with Crippen LogP contribution < -0.4 is 15.8 Å². The standard InChI is InChI=1S/C15H22N4O2/c1-21-13-5-4-12(16)14(18-13)17-8-10-6-7-19(9-10)15(20)11-2-3-11/h4-5,10-11H,2-3,6-9,16H2,1H3,(H,17,18)/t10-/m0/s1. The van der Waals surface area contributed by atoms with Gasteiger partial charge in [0.2, 0.25) is 11.8 Å². The van der Waals surface area contributed by atoms with Crippen LogP contribution in [0.4, 0.5) is 11.5 Å². The third kappa shape index (κ3) is 3.20. The van der Waals surface area contributed by atoms with Crippen molar-refractivity contribution in [3.8, 4) is 5.88 Å². The zero-order chi connectivity index (χ0) is 14.8. The maximum atomic E-state index is 12.0. The fraction of sp³-hybridized carbons (Fsp3) is 0.600. The summed E-state index contributed by atoms with van der Waals surface area (Å²) in [6.45, 7) is 2.49. The molecule has 1 aromatic heterocycles. The molecule has 2 heterocycles. The van der Waals surface area contributed by atoms with E-state index in [2.05, 4.69) is 10.3 Å². The zero-order valence-corrected chi connectivity index (χ0v) is 12.3. The Balaban J connectivity index is 1.52. The minimum absolute atomic E-state index is 0.312. The van der Waals surface area contributed by atoms with Gasteiger partial charge in [0.05, 0.1) is 12.8 Å². The van der Waals surface area contributed by atoms with Crippen LogP contribution in [0.1, 0.15) is 19.3 Å². The fourth-order valence-electron chi connectivity index (χ4n) is 2.74. The van der Waals surface area contributed by atoms with E-state index in [1.54, 1.807) is 19.2 Å². The Labute approximate surface area is 124 Å². The van der Waals surface area contributed by atoms with Crippen molar-refractivity contribution in [2.45, 2.75) is 19.3 Å². The molecule has 1 saturated heterocycles. The van der Waals surface area contributed by atoms with Gasteiger partial charge in [0.15, 0.2) is 5.82 Å². The molecule has 0 bridgehead atoms. The molecule has 2 fully saturated rings. The highest BCUT2D eigenvalue weighted by Crippen LogP contribution is 2.33. The Bertz CT molecular complexity index is 530. The lowest BCUT2D eigenvalue weighted by atomic mass is 10.1. The molecule has 0 spiro atoms. The minimum Gasteiger partial charge on any atom is -0.481 e. The molecule has 1 aliphatic carbocycles. The molecule has 6 nitrogen and oxygen atoms in total. The summed E-state index contributed by atoms with van der Waals surface area (Å²) in [5.41, 5.74) is 6.52. The largest absolute Gasteiger partial charge is 0.481 e. The molecule has 1 amide bonds. The van der Waals surface area contributed by atoms with Gasteiger partial charge in [-0.3, -0.25) is 4.79 Å². The number of hydrogen-bond donors (Lipinski definition) is 2. The summed E-state index contributed by atoms with van der Waals surface area (Å²) in [6, 6.07) is 3.53. The monoisotopic (exact) mass is 290 g/mol. The van der Waals surface area contributed by atoms with Crippen molar-refractivity contribution in [1.29, 1.82) is 0 Å². The van der Waals surface area contributed by atoms with Crippen molar-refractivity contribution < 1.29 is 9.53 Å². The Morgan fingerprint density at radius 1 is 1.48 bits per heavy atom. The topological polar surface area (TPSA) is 80.5 Å². The molecule has 21 heavy (non-hydrogen) atoms. The summed E-state index contributed by atoms with van der Waals surface area (Å²) < 4.78 is 5.10. The van der Waals surface area contributed by atoms with Gasteiger partial charge in [-0.15, -0.1) is 0 Å². The van der Waals surface area contributed by atoms with Gasteiger partial charge >= 0.3 is 0 Å². The molecule has 1 aromatic rings. The van der Waals surface area contributed by atoms with Crippen LogP contribution in [0.25, 0.3) is 0 Å². The highest BCUT2D eigenvalue weighted by Gasteiger charge is 2.36. The summed E-state index contributed by atoms with van der Waals surface area (Å²) in [5, 5.41) is 3.28. The quantitative estimate of drug-likeness (QED) is 0.855. The van der Waals surface area contributed by atoms with Crippen LogP contribution in [0.3, 0.4) is 0 Å². The van der Waals surface area contributed by atoms with E-state index in [0.29, 0.717) is 35.1 Å². The van der Waals surface area contributed by atoms with E-state index < -0.39 is 0 Å². The van der Waals surface area contributed by atoms with Crippen LogP contribution in [-0.2, 0) is 4.79 Å². The van der Waals surface area contributed by atoms with Gasteiger partial charge in [0.25, 0.3) is 0 Å². The Morgan fingerprint density at radius 3 is 3.00 bits per heavy atom. The molecule has 0 unspecified atom stereocenters. The van der Waals surface area contributed by atoms with Crippen LogP contribution >= 0.6 is 0 Å². The number of pyridine rings is 1. The second kappa shape index (κ2) is 5.79. The summed E-state index contributed by atoms with van der Waals surface area (Å²) in [5.74, 6) is 2.31. The Kier molecular flexibility index (Phi) is 3.86. The predicted molar refractivity (Wildman–Crippen MR) is 81.1 cm³/mol. The SMILES string of the molecule is COc1ccc(N)c(NC[C@@H]2CCN(C(=O)C3CC3)C2)n1. The van der Waals surface area contributed by atoms with Crippen LogP contribution in [0.5, 0.6) is 5.88 Å². The van der Waals surface area contributed by atoms with E-state index in [9.17, 15) is 4.79 Å². The Morgan fingerprint density at radius 2 is 2.29 bits per heavy atom. The van der Waals surface area contributed by atoms with Gasteiger partial charge in [0.1, 0.15) is 0 Å². The number of anilines is 2. The number of aromatic nitrogens is 1. The smallest absolute Gasteiger partial charge is 0.225 e. The van der Waals surface area contributed by atoms with Crippen molar-refractivity contribution in [2.24, 2.45) is 11.8 Å². The van der Waals surface area contributed by atoms with Gasteiger partial charge in [-0.1, -0.05) is 0 Å². The first-order chi connectivity index (χ1) is 10.2. The van der Waals surface area contributed by atoms with Crippen molar-refractivity contribution in [3.05, 3.63) is 12.1 Å². The summed E-state index contributed by atoms with van der Waals surface area (Å²) in [6.07, 6.45) is 3.18. The summed E-state index contributed by atoms with van der Waals surface area (Å²) in [4.78, 5) is 18.3. The number of carbonyl (C=O) groups is 1. The third-order valence-electron chi connectivity index (χ3n) is 4.19. The predicted octanol–water partition coefficient (Wildman–Crippen LogP) is 1.34. The summed E-state index contributed by atoms with van der Waals surface area (Å²) >= 11 is 0. The second-order valence-electron chi connectivity index (χ2n) is 5.89. The fourth-order valence-corrected chi connectivity index (χ4v) is 2.74. The molecule has 6 heteroatoms. The molecular formula is C15H22N4O2. The number of nitrogens with two attached hydrogens (primary N) is 1. The zero-order valence-electron chi connectivity index (χ0n) is 12.3. The van der Waals surface area contributed by atoms with Crippen LogP contribution in [0, 0.1) is 11.8 Å². The van der Waals surface area contributed by atoms with E-state index >= 15 is 0 Å². The molecule has 3 rings (SSSR count). The van der Waals surface area contributed by atoms with Crippen molar-refractivity contribution >= 4 is 17.4 Å². The third-order valence-corrected chi connectivity index (χ3v) is 4.19. The van der Waals surface area contributed by atoms with Crippen LogP contribution in [0.15, 0.2) is 12.1 Å². The molecule has 1 atom stereocenters. The number of likely N-dealkylation sites (tertiary alicyclic amines) is 1. The first-order valence-electron chi connectivity index (χ1n) is 7.50. The molecule has 1 saturated carbocycles. The van der Waals surface area contributed by atoms with Gasteiger partial charge in [-0.05, 0) is 31.2 Å². The number of ether oxygens (including phenoxy) is 1. The number of hydrogen-bond acceptors (Lipinski definition) is 5. The number of nitrogen functional groups attached to an aromatic ring is 1. The van der Waals surface area contributed by atoms with Crippen LogP contribution in [-0.4, -0.2) is 42.5 Å². The van der Waals surface area contributed by atoms with Crippen molar-refractivity contribution in [2.75, 3.05) is 37.8 Å². The van der Waals surface area contributed by atoms with Crippen LogP contribution in [0.2, 0.25) is 0 Å². The average Bonchev–Trinajstić information content (AvgIpc) is 3.24. The lowest BCUT2D eigenvalue weighted by Crippen LogP contribution is -2.30. The molecule has 114 valence electrons. The van der Waals surface area contributed by atoms with E-state index in [-0.39, 0.29) is 0 Å². The van der Waals surface area contributed by atoms with Gasteiger partial charge in [-0.2, -0.15) is 4.98 Å². The molecule has 3 N–H and O–H groups in total. The van der Waals surface area contributed by atoms with Crippen molar-refractivity contribution in [1.82, 2.24) is 9.88 Å². The van der Waals surface area contributed by atoms with Gasteiger partial charge < -0.3 is 20.7 Å². The van der Waals surface area contributed by atoms with E-state index in [4.69, 9.17) is 10.5 Å². The first-order valence-corrected chi connectivity index (χ1v) is 7.50.